The molecule has 0 spiro atoms. The summed E-state index contributed by atoms with van der Waals surface area (Å²) in [5, 5.41) is 0.978. The number of carbonyl (C=O) groups is 2. The fraction of sp³-hybridized carbons (Fsp3) is 0.346. The predicted octanol–water partition coefficient (Wildman–Crippen LogP) is 5.53. The Morgan fingerprint density at radius 1 is 0.800 bits per heavy atom. The first kappa shape index (κ1) is 21.7. The molecule has 0 fully saturated rings. The van der Waals surface area contributed by atoms with Crippen molar-refractivity contribution in [3.8, 4) is 0 Å². The molecule has 0 radical (unpaired) electrons. The summed E-state index contributed by atoms with van der Waals surface area (Å²) < 4.78 is 7.31. The van der Waals surface area contributed by atoms with Gasteiger partial charge in [-0.25, -0.2) is 4.79 Å². The Kier molecular flexibility index (Phi) is 8.13. The van der Waals surface area contributed by atoms with Gasteiger partial charge in [-0.15, -0.1) is 0 Å². The minimum atomic E-state index is -0.379. The summed E-state index contributed by atoms with van der Waals surface area (Å²) in [4.78, 5) is 25.7. The number of rotatable bonds is 11. The Balaban J connectivity index is 1.74. The van der Waals surface area contributed by atoms with Gasteiger partial charge < -0.3 is 4.74 Å². The van der Waals surface area contributed by atoms with Crippen molar-refractivity contribution < 1.29 is 18.9 Å². The van der Waals surface area contributed by atoms with Crippen LogP contribution in [0.25, 0.3) is 10.9 Å². The second-order valence-electron chi connectivity index (χ2n) is 7.56. The Bertz CT molecular complexity index is 982. The van der Waals surface area contributed by atoms with Crippen LogP contribution in [-0.4, -0.2) is 18.4 Å². The molecule has 2 aromatic carbocycles. The zero-order valence-corrected chi connectivity index (χ0v) is 17.7. The van der Waals surface area contributed by atoms with Crippen molar-refractivity contribution in [1.82, 2.24) is 0 Å². The third-order valence-electron chi connectivity index (χ3n) is 5.28. The second-order valence-corrected chi connectivity index (χ2v) is 7.56. The van der Waals surface area contributed by atoms with Crippen LogP contribution in [0, 0.1) is 0 Å². The van der Waals surface area contributed by atoms with Gasteiger partial charge in [0.15, 0.2) is 0 Å². The predicted molar refractivity (Wildman–Crippen MR) is 119 cm³/mol. The largest absolute Gasteiger partial charge is 0.458 e. The van der Waals surface area contributed by atoms with E-state index in [1.807, 2.05) is 48.5 Å². The van der Waals surface area contributed by atoms with Crippen LogP contribution in [0.15, 0.2) is 66.7 Å². The van der Waals surface area contributed by atoms with Gasteiger partial charge in [-0.2, -0.15) is 4.57 Å². The van der Waals surface area contributed by atoms with Gasteiger partial charge in [-0.1, -0.05) is 81.5 Å². The number of nitrogens with zero attached hydrogens (tertiary/aromatic N) is 1. The number of fused-ring (bicyclic) bond motifs is 1. The van der Waals surface area contributed by atoms with Crippen molar-refractivity contribution in [2.45, 2.75) is 52.0 Å². The van der Waals surface area contributed by atoms with E-state index < -0.39 is 0 Å². The van der Waals surface area contributed by atoms with Crippen LogP contribution < -0.4 is 4.57 Å². The lowest BCUT2D eigenvalue weighted by Gasteiger charge is -2.08. The average molecular weight is 405 g/mol. The Hall–Kier alpha value is -3.01. The monoisotopic (exact) mass is 404 g/mol. The normalized spacial score (nSPS) is 10.8. The molecule has 0 bridgehead atoms. The molecule has 0 aliphatic carbocycles. The summed E-state index contributed by atoms with van der Waals surface area (Å²) in [7, 11) is 0. The quantitative estimate of drug-likeness (QED) is 0.183. The maximum atomic E-state index is 12.8. The first-order valence-corrected chi connectivity index (χ1v) is 10.9. The molecule has 3 aromatic rings. The summed E-state index contributed by atoms with van der Waals surface area (Å²) in [6, 6.07) is 20.6. The number of unbranched alkanes of at least 4 members (excludes halogenated alkanes) is 5. The Labute approximate surface area is 178 Å². The summed E-state index contributed by atoms with van der Waals surface area (Å²) >= 11 is 0. The zero-order valence-electron chi connectivity index (χ0n) is 17.7. The molecular weight excluding hydrogens is 374 g/mol. The van der Waals surface area contributed by atoms with E-state index in [0.29, 0.717) is 17.9 Å². The van der Waals surface area contributed by atoms with Gasteiger partial charge in [0.25, 0.3) is 5.69 Å². The number of Topliss-reactive ketones (excluding diaryl/α,β-unsaturated/α-hetero) is 1. The van der Waals surface area contributed by atoms with Crippen LogP contribution in [0.4, 0.5) is 0 Å². The molecule has 156 valence electrons. The molecule has 0 unspecified atom stereocenters. The fourth-order valence-corrected chi connectivity index (χ4v) is 3.59. The van der Waals surface area contributed by atoms with Crippen LogP contribution >= 0.6 is 0 Å². The van der Waals surface area contributed by atoms with E-state index in [-0.39, 0.29) is 18.3 Å². The first-order valence-electron chi connectivity index (χ1n) is 10.9. The van der Waals surface area contributed by atoms with Gasteiger partial charge in [0.05, 0.1) is 6.61 Å². The van der Waals surface area contributed by atoms with Gasteiger partial charge in [-0.3, -0.25) is 4.79 Å². The molecule has 0 atom stereocenters. The number of pyridine rings is 1. The summed E-state index contributed by atoms with van der Waals surface area (Å²) in [6.45, 7) is 2.69. The lowest BCUT2D eigenvalue weighted by Crippen LogP contribution is -2.45. The maximum Gasteiger partial charge on any atom is 0.403 e. The van der Waals surface area contributed by atoms with Crippen LogP contribution in [0.3, 0.4) is 0 Å². The molecular formula is C26H30NO3+. The number of esters is 1. The standard InChI is InChI=1S/C26H30NO3/c1-2-3-4-5-6-12-19-30-26(29)24-18-17-21-13-10-11-16-23(21)27(24)20-25(28)22-14-8-7-9-15-22/h7-11,13-18H,2-6,12,19-20H2,1H3/q+1. The minimum absolute atomic E-state index is 0.0399. The van der Waals surface area contributed by atoms with E-state index in [4.69, 9.17) is 4.74 Å². The number of benzene rings is 2. The van der Waals surface area contributed by atoms with Crippen LogP contribution in [0.1, 0.15) is 66.3 Å². The van der Waals surface area contributed by atoms with E-state index >= 15 is 0 Å². The Morgan fingerprint density at radius 2 is 1.50 bits per heavy atom. The highest BCUT2D eigenvalue weighted by Crippen LogP contribution is 2.13. The van der Waals surface area contributed by atoms with Gasteiger partial charge in [0.2, 0.25) is 17.8 Å². The third kappa shape index (κ3) is 5.76. The van der Waals surface area contributed by atoms with Crippen molar-refractivity contribution >= 4 is 22.7 Å². The Morgan fingerprint density at radius 3 is 2.30 bits per heavy atom. The molecule has 0 amide bonds. The fourth-order valence-electron chi connectivity index (χ4n) is 3.59. The van der Waals surface area contributed by atoms with Crippen LogP contribution in [-0.2, 0) is 11.3 Å². The molecule has 1 heterocycles. The van der Waals surface area contributed by atoms with Crippen molar-refractivity contribution in [2.75, 3.05) is 6.61 Å². The minimum Gasteiger partial charge on any atom is -0.458 e. The molecule has 0 saturated carbocycles. The highest BCUT2D eigenvalue weighted by molar-refractivity contribution is 5.95. The second kappa shape index (κ2) is 11.2. The van der Waals surface area contributed by atoms with Crippen molar-refractivity contribution in [2.24, 2.45) is 0 Å². The SMILES string of the molecule is CCCCCCCCOC(=O)c1ccc2ccccc2[n+]1CC(=O)c1ccccc1. The highest BCUT2D eigenvalue weighted by atomic mass is 16.5. The number of ether oxygens (including phenoxy) is 1. The summed E-state index contributed by atoms with van der Waals surface area (Å²) in [5.74, 6) is -0.419. The summed E-state index contributed by atoms with van der Waals surface area (Å²) in [6.07, 6.45) is 6.82. The maximum absolute atomic E-state index is 12.8. The third-order valence-corrected chi connectivity index (χ3v) is 5.28. The molecule has 0 saturated heterocycles. The molecule has 1 aromatic heterocycles. The molecule has 0 aliphatic rings. The van der Waals surface area contributed by atoms with Gasteiger partial charge in [0.1, 0.15) is 0 Å². The van der Waals surface area contributed by atoms with Crippen molar-refractivity contribution in [3.63, 3.8) is 0 Å². The molecule has 0 aliphatic heterocycles. The topological polar surface area (TPSA) is 47.2 Å². The number of aromatic nitrogens is 1. The van der Waals surface area contributed by atoms with Gasteiger partial charge >= 0.3 is 5.97 Å². The molecule has 0 N–H and O–H groups in total. The van der Waals surface area contributed by atoms with E-state index in [2.05, 4.69) is 6.92 Å². The van der Waals surface area contributed by atoms with Crippen LogP contribution in [0.2, 0.25) is 0 Å². The highest BCUT2D eigenvalue weighted by Gasteiger charge is 2.26. The average Bonchev–Trinajstić information content (AvgIpc) is 2.79. The smallest absolute Gasteiger partial charge is 0.403 e. The number of hydrogen-bond donors (Lipinski definition) is 0. The molecule has 3 rings (SSSR count). The van der Waals surface area contributed by atoms with E-state index in [1.54, 1.807) is 22.8 Å². The van der Waals surface area contributed by atoms with Crippen molar-refractivity contribution in [3.05, 3.63) is 78.0 Å². The number of hydrogen-bond acceptors (Lipinski definition) is 3. The number of carbonyl (C=O) groups excluding carboxylic acids is 2. The molecule has 4 nitrogen and oxygen atoms in total. The van der Waals surface area contributed by atoms with Crippen LogP contribution in [0.5, 0.6) is 0 Å². The number of ketones is 1. The molecule has 30 heavy (non-hydrogen) atoms. The lowest BCUT2D eigenvalue weighted by molar-refractivity contribution is -0.659. The van der Waals surface area contributed by atoms with E-state index in [0.717, 1.165) is 23.7 Å². The lowest BCUT2D eigenvalue weighted by atomic mass is 10.1. The first-order chi connectivity index (χ1) is 14.7. The van der Waals surface area contributed by atoms with Gasteiger partial charge in [0, 0.05) is 23.1 Å². The van der Waals surface area contributed by atoms with Crippen molar-refractivity contribution in [1.29, 1.82) is 0 Å². The van der Waals surface area contributed by atoms with E-state index in [9.17, 15) is 9.59 Å². The summed E-state index contributed by atoms with van der Waals surface area (Å²) in [5.41, 5.74) is 1.88. The van der Waals surface area contributed by atoms with E-state index in [1.165, 1.54) is 25.7 Å². The van der Waals surface area contributed by atoms with Gasteiger partial charge in [-0.05, 0) is 18.6 Å². The molecule has 4 heteroatoms. The zero-order chi connectivity index (χ0) is 21.2. The number of para-hydroxylation sites is 1.